The van der Waals surface area contributed by atoms with Crippen LogP contribution in [0.2, 0.25) is 0 Å². The summed E-state index contributed by atoms with van der Waals surface area (Å²) < 4.78 is 2.60. The van der Waals surface area contributed by atoms with Gasteiger partial charge in [0.2, 0.25) is 0 Å². The van der Waals surface area contributed by atoms with E-state index in [2.05, 4.69) is 139 Å². The third-order valence-electron chi connectivity index (χ3n) is 8.27. The quantitative estimate of drug-likeness (QED) is 0.215. The molecule has 1 aliphatic carbocycles. The van der Waals surface area contributed by atoms with Gasteiger partial charge in [-0.15, -0.1) is 11.3 Å². The average Bonchev–Trinajstić information content (AvgIpc) is 3.57. The van der Waals surface area contributed by atoms with E-state index in [4.69, 9.17) is 0 Å². The zero-order chi connectivity index (χ0) is 26.6. The number of thiophene rings is 1. The van der Waals surface area contributed by atoms with Gasteiger partial charge in [0, 0.05) is 31.6 Å². The monoisotopic (exact) mass is 529 g/mol. The number of fused-ring (bicyclic) bond motifs is 7. The lowest BCUT2D eigenvalue weighted by atomic mass is 9.94. The topological polar surface area (TPSA) is 3.24 Å². The largest absolute Gasteiger partial charge is 0.310 e. The number of hydrogen-bond acceptors (Lipinski definition) is 2. The number of hydrogen-bond donors (Lipinski definition) is 0. The molecular weight excluding hydrogens is 502 g/mol. The summed E-state index contributed by atoms with van der Waals surface area (Å²) in [6.45, 7) is 4.52. The number of rotatable bonds is 2. The number of para-hydroxylation sites is 1. The molecule has 190 valence electrons. The van der Waals surface area contributed by atoms with Gasteiger partial charge < -0.3 is 4.90 Å². The van der Waals surface area contributed by atoms with Crippen molar-refractivity contribution in [3.63, 3.8) is 0 Å². The third-order valence-corrected chi connectivity index (χ3v) is 9.41. The van der Waals surface area contributed by atoms with E-state index in [1.807, 2.05) is 11.3 Å². The van der Waals surface area contributed by atoms with Crippen LogP contribution < -0.4 is 4.90 Å². The molecule has 0 spiro atoms. The van der Waals surface area contributed by atoms with E-state index < -0.39 is 0 Å². The number of benzene rings is 5. The molecule has 1 aliphatic heterocycles. The van der Waals surface area contributed by atoms with E-state index in [0.717, 1.165) is 18.5 Å². The van der Waals surface area contributed by atoms with Gasteiger partial charge in [0.1, 0.15) is 0 Å². The van der Waals surface area contributed by atoms with Crippen molar-refractivity contribution in [3.8, 4) is 22.3 Å². The highest BCUT2D eigenvalue weighted by Gasteiger charge is 2.23. The molecule has 0 atom stereocenters. The first-order chi connectivity index (χ1) is 19.8. The minimum atomic E-state index is 0.885. The van der Waals surface area contributed by atoms with Crippen LogP contribution in [0, 0.1) is 0 Å². The van der Waals surface area contributed by atoms with Crippen LogP contribution in [0.15, 0.2) is 140 Å². The van der Waals surface area contributed by atoms with Crippen LogP contribution in [-0.2, 0) is 12.8 Å². The predicted molar refractivity (Wildman–Crippen MR) is 173 cm³/mol. The summed E-state index contributed by atoms with van der Waals surface area (Å²) in [6.07, 6.45) is 10.4. The molecule has 0 unspecified atom stereocenters. The van der Waals surface area contributed by atoms with Crippen LogP contribution in [0.4, 0.5) is 11.4 Å². The van der Waals surface area contributed by atoms with Gasteiger partial charge in [-0.25, -0.2) is 0 Å². The van der Waals surface area contributed by atoms with Crippen molar-refractivity contribution in [2.45, 2.75) is 12.8 Å². The molecular formula is C38H27NS. The zero-order valence-electron chi connectivity index (χ0n) is 22.1. The minimum absolute atomic E-state index is 0.885. The first kappa shape index (κ1) is 23.2. The second kappa shape index (κ2) is 9.22. The van der Waals surface area contributed by atoms with Crippen molar-refractivity contribution < 1.29 is 0 Å². The fourth-order valence-corrected chi connectivity index (χ4v) is 7.55. The summed E-state index contributed by atoms with van der Waals surface area (Å²) in [6, 6.07) is 38.0. The maximum atomic E-state index is 4.52. The Bertz CT molecular complexity index is 2040. The highest BCUT2D eigenvalue weighted by molar-refractivity contribution is 7.26. The molecule has 5 aromatic carbocycles. The molecule has 0 saturated carbocycles. The summed E-state index contributed by atoms with van der Waals surface area (Å²) in [4.78, 5) is 2.34. The van der Waals surface area contributed by atoms with Gasteiger partial charge in [-0.1, -0.05) is 97.6 Å². The minimum Gasteiger partial charge on any atom is -0.310 e. The summed E-state index contributed by atoms with van der Waals surface area (Å²) >= 11 is 1.87. The second-order valence-electron chi connectivity index (χ2n) is 10.6. The van der Waals surface area contributed by atoms with Crippen LogP contribution in [0.1, 0.15) is 16.7 Å². The van der Waals surface area contributed by atoms with Gasteiger partial charge in [0.25, 0.3) is 0 Å². The molecule has 0 radical (unpaired) electrons. The fraction of sp³-hybridized carbons (Fsp3) is 0.0526. The predicted octanol–water partition coefficient (Wildman–Crippen LogP) is 10.6. The molecule has 40 heavy (non-hydrogen) atoms. The summed E-state index contributed by atoms with van der Waals surface area (Å²) in [5.41, 5.74) is 12.8. The van der Waals surface area contributed by atoms with E-state index in [1.165, 1.54) is 70.5 Å². The summed E-state index contributed by atoms with van der Waals surface area (Å²) in [7, 11) is 0. The molecule has 2 heteroatoms. The van der Waals surface area contributed by atoms with E-state index in [-0.39, 0.29) is 0 Å². The summed E-state index contributed by atoms with van der Waals surface area (Å²) in [5, 5.41) is 2.59. The highest BCUT2D eigenvalue weighted by atomic mass is 32.1. The summed E-state index contributed by atoms with van der Waals surface area (Å²) in [5.74, 6) is 0. The Labute approximate surface area is 238 Å². The normalized spacial score (nSPS) is 15.7. The first-order valence-electron chi connectivity index (χ1n) is 13.8. The van der Waals surface area contributed by atoms with Gasteiger partial charge >= 0.3 is 0 Å². The van der Waals surface area contributed by atoms with Crippen molar-refractivity contribution in [2.24, 2.45) is 0 Å². The number of allylic oxidation sites excluding steroid dienone is 4. The van der Waals surface area contributed by atoms with Crippen molar-refractivity contribution in [3.05, 3.63) is 156 Å². The zero-order valence-corrected chi connectivity index (χ0v) is 22.9. The molecule has 2 heterocycles. The SMILES string of the molecule is C=C1/C=C\C=C/Cc2ccccc2N1c1cccc2sc3ccc(-c4cccc5c4Cc4ccccc4-5)cc3c12. The molecule has 0 bridgehead atoms. The molecule has 8 rings (SSSR count). The first-order valence-corrected chi connectivity index (χ1v) is 14.6. The average molecular weight is 530 g/mol. The lowest BCUT2D eigenvalue weighted by molar-refractivity contribution is 1.17. The maximum absolute atomic E-state index is 4.52. The van der Waals surface area contributed by atoms with Crippen LogP contribution in [0.3, 0.4) is 0 Å². The highest BCUT2D eigenvalue weighted by Crippen LogP contribution is 2.46. The number of nitrogens with zero attached hydrogens (tertiary/aromatic N) is 1. The van der Waals surface area contributed by atoms with Gasteiger partial charge in [-0.2, -0.15) is 0 Å². The molecule has 1 aromatic heterocycles. The van der Waals surface area contributed by atoms with E-state index in [0.29, 0.717) is 0 Å². The number of anilines is 2. The molecule has 1 nitrogen and oxygen atoms in total. The maximum Gasteiger partial charge on any atom is 0.0554 e. The Kier molecular flexibility index (Phi) is 5.36. The van der Waals surface area contributed by atoms with Gasteiger partial charge in [0.15, 0.2) is 0 Å². The van der Waals surface area contributed by atoms with Crippen molar-refractivity contribution >= 4 is 42.9 Å². The van der Waals surface area contributed by atoms with Gasteiger partial charge in [-0.3, -0.25) is 0 Å². The van der Waals surface area contributed by atoms with E-state index in [1.54, 1.807) is 0 Å². The van der Waals surface area contributed by atoms with Crippen LogP contribution in [0.5, 0.6) is 0 Å². The molecule has 0 fully saturated rings. The Balaban J connectivity index is 1.35. The standard InChI is InChI=1S/C38H27NS/c1-25-11-3-2-4-12-26-13-6-8-18-34(26)39(25)35-19-10-20-37-38(35)33-24-28(21-22-36(33)40-37)30-16-9-17-31-29-15-7-5-14-27(29)23-32(30)31/h2-11,13-22,24H,1,12,23H2/b4-2-,11-3-. The van der Waals surface area contributed by atoms with Crippen molar-refractivity contribution in [1.82, 2.24) is 0 Å². The molecule has 0 amide bonds. The van der Waals surface area contributed by atoms with Gasteiger partial charge in [-0.05, 0) is 88.2 Å². The smallest absolute Gasteiger partial charge is 0.0554 e. The third kappa shape index (κ3) is 3.61. The molecule has 6 aromatic rings. The van der Waals surface area contributed by atoms with Crippen molar-refractivity contribution in [1.29, 1.82) is 0 Å². The van der Waals surface area contributed by atoms with Crippen LogP contribution >= 0.6 is 11.3 Å². The second-order valence-corrected chi connectivity index (χ2v) is 11.7. The van der Waals surface area contributed by atoms with E-state index >= 15 is 0 Å². The fourth-order valence-electron chi connectivity index (χ4n) is 6.45. The van der Waals surface area contributed by atoms with Crippen molar-refractivity contribution in [2.75, 3.05) is 4.90 Å². The molecule has 2 aliphatic rings. The molecule has 0 N–H and O–H groups in total. The molecule has 0 saturated heterocycles. The Hall–Kier alpha value is -4.66. The lowest BCUT2D eigenvalue weighted by Gasteiger charge is -2.28. The Morgan fingerprint density at radius 1 is 0.650 bits per heavy atom. The van der Waals surface area contributed by atoms with Crippen LogP contribution in [-0.4, -0.2) is 0 Å². The van der Waals surface area contributed by atoms with Gasteiger partial charge in [0.05, 0.1) is 5.69 Å². The Morgan fingerprint density at radius 2 is 1.43 bits per heavy atom. The van der Waals surface area contributed by atoms with E-state index in [9.17, 15) is 0 Å². The Morgan fingerprint density at radius 3 is 2.38 bits per heavy atom. The lowest BCUT2D eigenvalue weighted by Crippen LogP contribution is -2.16. The van der Waals surface area contributed by atoms with Crippen LogP contribution in [0.25, 0.3) is 42.4 Å².